The van der Waals surface area contributed by atoms with Crippen molar-refractivity contribution in [3.05, 3.63) is 95.9 Å². The number of furan rings is 1. The number of fused-ring (bicyclic) bond motifs is 1. The molecule has 0 radical (unpaired) electrons. The Kier molecular flexibility index (Phi) is 5.75. The maximum Gasteiger partial charge on any atom is 0.307 e. The van der Waals surface area contributed by atoms with Crippen LogP contribution in [0.25, 0.3) is 10.8 Å². The van der Waals surface area contributed by atoms with Gasteiger partial charge in [-0.2, -0.15) is 5.10 Å². The number of ether oxygens (including phenoxy) is 2. The average Bonchev–Trinajstić information content (AvgIpc) is 3.33. The fourth-order valence-corrected chi connectivity index (χ4v) is 3.04. The first-order valence-electron chi connectivity index (χ1n) is 9.38. The number of amides is 1. The Labute approximate surface area is 173 Å². The first-order valence-corrected chi connectivity index (χ1v) is 9.38. The number of nitrogens with zero attached hydrogens (tertiary/aromatic N) is 1. The van der Waals surface area contributed by atoms with Gasteiger partial charge >= 0.3 is 5.91 Å². The zero-order valence-electron chi connectivity index (χ0n) is 16.4. The average molecular weight is 400 g/mol. The van der Waals surface area contributed by atoms with Crippen LogP contribution < -0.4 is 14.9 Å². The summed E-state index contributed by atoms with van der Waals surface area (Å²) in [5, 5.41) is 6.27. The summed E-state index contributed by atoms with van der Waals surface area (Å²) in [6, 6.07) is 22.9. The second-order valence-corrected chi connectivity index (χ2v) is 6.55. The van der Waals surface area contributed by atoms with Gasteiger partial charge in [-0.15, -0.1) is 0 Å². The van der Waals surface area contributed by atoms with Crippen LogP contribution in [0.15, 0.2) is 88.6 Å². The molecule has 4 rings (SSSR count). The van der Waals surface area contributed by atoms with Crippen molar-refractivity contribution in [1.82, 2.24) is 5.43 Å². The summed E-state index contributed by atoms with van der Waals surface area (Å²) in [5.41, 5.74) is 4.10. The number of carbonyl (C=O) groups excluding carboxylic acids is 1. The maximum absolute atomic E-state index is 11.9. The zero-order valence-corrected chi connectivity index (χ0v) is 16.4. The molecular weight excluding hydrogens is 380 g/mol. The van der Waals surface area contributed by atoms with Crippen molar-refractivity contribution in [3.63, 3.8) is 0 Å². The van der Waals surface area contributed by atoms with Crippen LogP contribution in [0.4, 0.5) is 0 Å². The van der Waals surface area contributed by atoms with Gasteiger partial charge in [-0.05, 0) is 58.8 Å². The number of benzene rings is 3. The molecule has 0 aliphatic carbocycles. The highest BCUT2D eigenvalue weighted by atomic mass is 16.5. The first-order chi connectivity index (χ1) is 14.7. The second kappa shape index (κ2) is 8.96. The number of nitrogens with one attached hydrogen (secondary N) is 1. The molecule has 1 N–H and O–H groups in total. The number of hydrazone groups is 1. The highest BCUT2D eigenvalue weighted by Crippen LogP contribution is 2.24. The third-order valence-corrected chi connectivity index (χ3v) is 4.54. The number of methoxy groups -OCH3 is 1. The van der Waals surface area contributed by atoms with Crippen LogP contribution in [0.2, 0.25) is 0 Å². The third kappa shape index (κ3) is 4.50. The Bertz CT molecular complexity index is 1180. The number of hydrogen-bond donors (Lipinski definition) is 1. The molecule has 0 unspecified atom stereocenters. The van der Waals surface area contributed by atoms with E-state index >= 15 is 0 Å². The van der Waals surface area contributed by atoms with Crippen molar-refractivity contribution >= 4 is 22.9 Å². The number of carbonyl (C=O) groups is 1. The fourth-order valence-electron chi connectivity index (χ4n) is 3.04. The topological polar surface area (TPSA) is 73.1 Å². The standard InChI is InChI=1S/C24H20N2O4/c1-28-22-11-8-17(15-25-26-24(27)23-7-4-12-29-23)13-20(22)16-30-21-10-9-18-5-2-3-6-19(18)14-21/h2-15H,16H2,1H3,(H,26,27). The number of hydrogen-bond acceptors (Lipinski definition) is 5. The van der Waals surface area contributed by atoms with Crippen molar-refractivity contribution in [2.75, 3.05) is 7.11 Å². The molecule has 30 heavy (non-hydrogen) atoms. The Morgan fingerprint density at radius 2 is 1.90 bits per heavy atom. The normalized spacial score (nSPS) is 11.0. The molecule has 0 saturated heterocycles. The highest BCUT2D eigenvalue weighted by Gasteiger charge is 2.08. The van der Waals surface area contributed by atoms with E-state index in [4.69, 9.17) is 13.9 Å². The van der Waals surface area contributed by atoms with Crippen LogP contribution in [-0.2, 0) is 6.61 Å². The molecule has 1 heterocycles. The van der Waals surface area contributed by atoms with E-state index < -0.39 is 5.91 Å². The Balaban J connectivity index is 1.45. The SMILES string of the molecule is COc1ccc(C=NNC(=O)c2ccco2)cc1COc1ccc2ccccc2c1. The zero-order chi connectivity index (χ0) is 20.8. The van der Waals surface area contributed by atoms with Crippen molar-refractivity contribution in [3.8, 4) is 11.5 Å². The van der Waals surface area contributed by atoms with Crippen LogP contribution in [0.5, 0.6) is 11.5 Å². The van der Waals surface area contributed by atoms with E-state index in [2.05, 4.69) is 22.7 Å². The summed E-state index contributed by atoms with van der Waals surface area (Å²) in [5.74, 6) is 1.28. The minimum absolute atomic E-state index is 0.200. The van der Waals surface area contributed by atoms with Crippen LogP contribution >= 0.6 is 0 Å². The lowest BCUT2D eigenvalue weighted by Crippen LogP contribution is -2.16. The molecule has 0 aliphatic rings. The smallest absolute Gasteiger partial charge is 0.307 e. The Morgan fingerprint density at radius 1 is 1.03 bits per heavy atom. The molecule has 0 aliphatic heterocycles. The van der Waals surface area contributed by atoms with Gasteiger partial charge in [0, 0.05) is 5.56 Å². The van der Waals surface area contributed by atoms with E-state index in [9.17, 15) is 4.79 Å². The molecule has 1 amide bonds. The van der Waals surface area contributed by atoms with Gasteiger partial charge in [-0.1, -0.05) is 30.3 Å². The van der Waals surface area contributed by atoms with Gasteiger partial charge in [0.1, 0.15) is 18.1 Å². The number of rotatable bonds is 7. The van der Waals surface area contributed by atoms with Crippen LogP contribution in [0.1, 0.15) is 21.7 Å². The molecule has 0 saturated carbocycles. The molecule has 1 aromatic heterocycles. The molecule has 150 valence electrons. The summed E-state index contributed by atoms with van der Waals surface area (Å²) in [4.78, 5) is 11.9. The maximum atomic E-state index is 11.9. The summed E-state index contributed by atoms with van der Waals surface area (Å²) < 4.78 is 16.5. The highest BCUT2D eigenvalue weighted by molar-refractivity contribution is 5.92. The molecule has 6 heteroatoms. The largest absolute Gasteiger partial charge is 0.496 e. The first kappa shape index (κ1) is 19.3. The van der Waals surface area contributed by atoms with Crippen molar-refractivity contribution < 1.29 is 18.7 Å². The summed E-state index contributed by atoms with van der Waals surface area (Å²) >= 11 is 0. The predicted octanol–water partition coefficient (Wildman–Crippen LogP) is 4.78. The lowest BCUT2D eigenvalue weighted by Gasteiger charge is -2.12. The van der Waals surface area contributed by atoms with Gasteiger partial charge in [0.05, 0.1) is 19.6 Å². The Hall–Kier alpha value is -4.06. The van der Waals surface area contributed by atoms with Gasteiger partial charge in [-0.25, -0.2) is 5.43 Å². The molecule has 0 spiro atoms. The Morgan fingerprint density at radius 3 is 2.70 bits per heavy atom. The molecule has 3 aromatic carbocycles. The quantitative estimate of drug-likeness (QED) is 0.358. The lowest BCUT2D eigenvalue weighted by molar-refractivity contribution is 0.0927. The lowest BCUT2D eigenvalue weighted by atomic mass is 10.1. The van der Waals surface area contributed by atoms with Crippen molar-refractivity contribution in [2.24, 2.45) is 5.10 Å². The molecule has 0 fully saturated rings. The van der Waals surface area contributed by atoms with E-state index in [1.807, 2.05) is 48.5 Å². The third-order valence-electron chi connectivity index (χ3n) is 4.54. The van der Waals surface area contributed by atoms with Crippen molar-refractivity contribution in [1.29, 1.82) is 0 Å². The fraction of sp³-hybridized carbons (Fsp3) is 0.0833. The molecule has 0 bridgehead atoms. The monoisotopic (exact) mass is 400 g/mol. The summed E-state index contributed by atoms with van der Waals surface area (Å²) in [7, 11) is 1.62. The minimum atomic E-state index is -0.412. The molecule has 4 aromatic rings. The minimum Gasteiger partial charge on any atom is -0.496 e. The summed E-state index contributed by atoms with van der Waals surface area (Å²) in [6.07, 6.45) is 2.99. The second-order valence-electron chi connectivity index (χ2n) is 6.55. The van der Waals surface area contributed by atoms with Gasteiger partial charge in [-0.3, -0.25) is 4.79 Å². The molecule has 0 atom stereocenters. The summed E-state index contributed by atoms with van der Waals surface area (Å²) in [6.45, 7) is 0.335. The molecular formula is C24H20N2O4. The van der Waals surface area contributed by atoms with Gasteiger partial charge in [0.25, 0.3) is 0 Å². The van der Waals surface area contributed by atoms with E-state index in [0.29, 0.717) is 12.4 Å². The van der Waals surface area contributed by atoms with Crippen LogP contribution in [0.3, 0.4) is 0 Å². The van der Waals surface area contributed by atoms with E-state index in [0.717, 1.165) is 27.6 Å². The van der Waals surface area contributed by atoms with Crippen LogP contribution in [-0.4, -0.2) is 19.2 Å². The van der Waals surface area contributed by atoms with Gasteiger partial charge in [0.15, 0.2) is 5.76 Å². The van der Waals surface area contributed by atoms with E-state index in [1.165, 1.54) is 6.26 Å². The van der Waals surface area contributed by atoms with Gasteiger partial charge < -0.3 is 13.9 Å². The van der Waals surface area contributed by atoms with Crippen LogP contribution in [0, 0.1) is 0 Å². The van der Waals surface area contributed by atoms with E-state index in [1.54, 1.807) is 25.5 Å². The van der Waals surface area contributed by atoms with Gasteiger partial charge in [0.2, 0.25) is 0 Å². The van der Waals surface area contributed by atoms with E-state index in [-0.39, 0.29) is 5.76 Å². The predicted molar refractivity (Wildman–Crippen MR) is 115 cm³/mol. The molecule has 6 nitrogen and oxygen atoms in total. The van der Waals surface area contributed by atoms with Crippen molar-refractivity contribution in [2.45, 2.75) is 6.61 Å².